The van der Waals surface area contributed by atoms with E-state index < -0.39 is 11.1 Å². The zero-order valence-electron chi connectivity index (χ0n) is 18.2. The predicted molar refractivity (Wildman–Crippen MR) is 133 cm³/mol. The second kappa shape index (κ2) is 10.3. The molecule has 3 aromatic carbocycles. The molecule has 0 atom stereocenters. The summed E-state index contributed by atoms with van der Waals surface area (Å²) < 4.78 is 31.0. The second-order valence-corrected chi connectivity index (χ2v) is 8.95. The van der Waals surface area contributed by atoms with Crippen LogP contribution < -0.4 is 19.1 Å². The number of hydrogen-bond acceptors (Lipinski definition) is 6. The van der Waals surface area contributed by atoms with Gasteiger partial charge in [-0.05, 0) is 69.7 Å². The van der Waals surface area contributed by atoms with E-state index in [0.717, 1.165) is 16.7 Å². The van der Waals surface area contributed by atoms with Gasteiger partial charge < -0.3 is 14.2 Å². The number of thioether (sulfide) groups is 1. The Morgan fingerprint density at radius 3 is 2.44 bits per heavy atom. The average molecular weight is 544 g/mol. The fraction of sp³-hybridized carbons (Fsp3) is 0.120. The van der Waals surface area contributed by atoms with Crippen LogP contribution in [0, 0.1) is 5.82 Å². The number of methoxy groups -OCH3 is 2. The lowest BCUT2D eigenvalue weighted by molar-refractivity contribution is -0.113. The van der Waals surface area contributed by atoms with Crippen molar-refractivity contribution in [3.8, 4) is 17.2 Å². The third-order valence-electron chi connectivity index (χ3n) is 5.00. The van der Waals surface area contributed by atoms with Crippen LogP contribution in [0.1, 0.15) is 11.1 Å². The van der Waals surface area contributed by atoms with E-state index in [4.69, 9.17) is 14.2 Å². The number of hydrogen-bond donors (Lipinski definition) is 0. The van der Waals surface area contributed by atoms with Crippen molar-refractivity contribution >= 4 is 50.6 Å². The number of nitrogens with zero attached hydrogens (tertiary/aromatic N) is 1. The van der Waals surface area contributed by atoms with Gasteiger partial charge >= 0.3 is 0 Å². The number of rotatable bonds is 7. The molecule has 0 aromatic heterocycles. The van der Waals surface area contributed by atoms with E-state index in [9.17, 15) is 14.0 Å². The lowest BCUT2D eigenvalue weighted by atomic mass is 10.1. The maximum atomic E-state index is 13.9. The molecule has 1 aliphatic heterocycles. The minimum Gasteiger partial charge on any atom is -0.495 e. The summed E-state index contributed by atoms with van der Waals surface area (Å²) in [5, 5.41) is -0.420. The van der Waals surface area contributed by atoms with E-state index in [-0.39, 0.29) is 17.3 Å². The van der Waals surface area contributed by atoms with Gasteiger partial charge in [-0.1, -0.05) is 30.3 Å². The lowest BCUT2D eigenvalue weighted by Gasteiger charge is -2.16. The molecule has 0 radical (unpaired) electrons. The highest BCUT2D eigenvalue weighted by molar-refractivity contribution is 9.10. The van der Waals surface area contributed by atoms with Crippen LogP contribution in [0.15, 0.2) is 70.0 Å². The number of imide groups is 1. The molecule has 34 heavy (non-hydrogen) atoms. The maximum absolute atomic E-state index is 13.9. The van der Waals surface area contributed by atoms with Gasteiger partial charge in [0, 0.05) is 5.56 Å². The number of benzene rings is 3. The van der Waals surface area contributed by atoms with Gasteiger partial charge in [0.1, 0.15) is 18.2 Å². The number of anilines is 1. The molecule has 174 valence electrons. The standard InChI is InChI=1S/C25H19BrFNO5S/c1-31-20-10-6-5-9-19(20)28-24(29)22(34-25(28)30)13-15-11-17(26)23(21(12-15)32-2)33-14-16-7-3-4-8-18(16)27/h3-13H,14H2,1-2H3/b22-13-. The molecular weight excluding hydrogens is 525 g/mol. The number of para-hydroxylation sites is 2. The molecule has 0 saturated carbocycles. The van der Waals surface area contributed by atoms with Crippen molar-refractivity contribution in [2.75, 3.05) is 19.1 Å². The summed E-state index contributed by atoms with van der Waals surface area (Å²) in [6, 6.07) is 16.6. The molecule has 0 N–H and O–H groups in total. The molecule has 0 unspecified atom stereocenters. The molecule has 3 aromatic rings. The first kappa shape index (κ1) is 23.8. The zero-order valence-corrected chi connectivity index (χ0v) is 20.6. The number of carbonyl (C=O) groups excluding carboxylic acids is 2. The van der Waals surface area contributed by atoms with Crippen molar-refractivity contribution < 1.29 is 28.2 Å². The molecule has 4 rings (SSSR count). The molecule has 0 bridgehead atoms. The summed E-state index contributed by atoms with van der Waals surface area (Å²) in [6.45, 7) is 0.0127. The van der Waals surface area contributed by atoms with Crippen LogP contribution in [0.3, 0.4) is 0 Å². The Bertz CT molecular complexity index is 1300. The van der Waals surface area contributed by atoms with Crippen molar-refractivity contribution in [3.05, 3.63) is 87.0 Å². The van der Waals surface area contributed by atoms with Crippen LogP contribution in [0.2, 0.25) is 0 Å². The first-order valence-electron chi connectivity index (χ1n) is 10.1. The van der Waals surface area contributed by atoms with Gasteiger partial charge in [-0.3, -0.25) is 9.59 Å². The van der Waals surface area contributed by atoms with Gasteiger partial charge in [-0.25, -0.2) is 9.29 Å². The summed E-state index contributed by atoms with van der Waals surface area (Å²) >= 11 is 4.30. The molecule has 1 heterocycles. The largest absolute Gasteiger partial charge is 0.495 e. The van der Waals surface area contributed by atoms with Gasteiger partial charge in [-0.2, -0.15) is 0 Å². The quantitative estimate of drug-likeness (QED) is 0.320. The first-order valence-corrected chi connectivity index (χ1v) is 11.7. The van der Waals surface area contributed by atoms with E-state index in [1.54, 1.807) is 60.7 Å². The minimum absolute atomic E-state index is 0.0127. The molecule has 1 saturated heterocycles. The Labute approximate surface area is 208 Å². The van der Waals surface area contributed by atoms with Crippen LogP contribution in [-0.4, -0.2) is 25.4 Å². The molecule has 0 spiro atoms. The molecule has 1 aliphatic rings. The Hall–Kier alpha value is -3.30. The van der Waals surface area contributed by atoms with Crippen molar-refractivity contribution in [1.82, 2.24) is 0 Å². The monoisotopic (exact) mass is 543 g/mol. The van der Waals surface area contributed by atoms with E-state index >= 15 is 0 Å². The SMILES string of the molecule is COc1ccccc1N1C(=O)S/C(=C\c2cc(Br)c(OCc3ccccc3F)c(OC)c2)C1=O. The van der Waals surface area contributed by atoms with Crippen molar-refractivity contribution in [3.63, 3.8) is 0 Å². The smallest absolute Gasteiger partial charge is 0.298 e. The first-order chi connectivity index (χ1) is 16.4. The Morgan fingerprint density at radius 1 is 1.00 bits per heavy atom. The number of carbonyl (C=O) groups is 2. The van der Waals surface area contributed by atoms with Crippen molar-refractivity contribution in [2.24, 2.45) is 0 Å². The third-order valence-corrected chi connectivity index (χ3v) is 6.46. The van der Waals surface area contributed by atoms with Gasteiger partial charge in [0.05, 0.1) is 29.3 Å². The highest BCUT2D eigenvalue weighted by Gasteiger charge is 2.37. The molecule has 2 amide bonds. The molecule has 9 heteroatoms. The lowest BCUT2D eigenvalue weighted by Crippen LogP contribution is -2.28. The van der Waals surface area contributed by atoms with Gasteiger partial charge in [0.2, 0.25) is 0 Å². The van der Waals surface area contributed by atoms with Crippen LogP contribution >= 0.6 is 27.7 Å². The molecule has 6 nitrogen and oxygen atoms in total. The van der Waals surface area contributed by atoms with Crippen molar-refractivity contribution in [2.45, 2.75) is 6.61 Å². The summed E-state index contributed by atoms with van der Waals surface area (Å²) in [7, 11) is 2.96. The summed E-state index contributed by atoms with van der Waals surface area (Å²) in [4.78, 5) is 27.0. The van der Waals surface area contributed by atoms with E-state index in [0.29, 0.717) is 38.5 Å². The molecule has 1 fully saturated rings. The van der Waals surface area contributed by atoms with E-state index in [2.05, 4.69) is 15.9 Å². The molecule has 0 aliphatic carbocycles. The average Bonchev–Trinajstić information content (AvgIpc) is 3.11. The second-order valence-electron chi connectivity index (χ2n) is 7.10. The van der Waals surface area contributed by atoms with Crippen LogP contribution in [-0.2, 0) is 11.4 Å². The number of amides is 2. The zero-order chi connectivity index (χ0) is 24.2. The minimum atomic E-state index is -0.450. The summed E-state index contributed by atoms with van der Waals surface area (Å²) in [6.07, 6.45) is 1.61. The third kappa shape index (κ3) is 4.80. The van der Waals surface area contributed by atoms with Crippen LogP contribution in [0.4, 0.5) is 14.9 Å². The van der Waals surface area contributed by atoms with E-state index in [1.807, 2.05) is 0 Å². The number of ether oxygens (including phenoxy) is 3. The fourth-order valence-electron chi connectivity index (χ4n) is 3.37. The highest BCUT2D eigenvalue weighted by Crippen LogP contribution is 2.42. The fourth-order valence-corrected chi connectivity index (χ4v) is 4.78. The maximum Gasteiger partial charge on any atom is 0.298 e. The topological polar surface area (TPSA) is 65.1 Å². The van der Waals surface area contributed by atoms with E-state index in [1.165, 1.54) is 20.3 Å². The Balaban J connectivity index is 1.60. The predicted octanol–water partition coefficient (Wildman–Crippen LogP) is 6.43. The van der Waals surface area contributed by atoms with Crippen LogP contribution in [0.5, 0.6) is 17.2 Å². The van der Waals surface area contributed by atoms with Crippen LogP contribution in [0.25, 0.3) is 6.08 Å². The van der Waals surface area contributed by atoms with Gasteiger partial charge in [0.25, 0.3) is 11.1 Å². The van der Waals surface area contributed by atoms with Gasteiger partial charge in [-0.15, -0.1) is 0 Å². The molecular formula is C25H19BrFNO5S. The number of halogens is 2. The normalized spacial score (nSPS) is 14.6. The highest BCUT2D eigenvalue weighted by atomic mass is 79.9. The summed E-state index contributed by atoms with van der Waals surface area (Å²) in [5.74, 6) is 0.396. The Morgan fingerprint density at radius 2 is 1.71 bits per heavy atom. The van der Waals surface area contributed by atoms with Crippen molar-refractivity contribution in [1.29, 1.82) is 0 Å². The summed E-state index contributed by atoms with van der Waals surface area (Å²) in [5.41, 5.74) is 1.41. The Kier molecular flexibility index (Phi) is 7.23. The van der Waals surface area contributed by atoms with Gasteiger partial charge in [0.15, 0.2) is 11.5 Å².